The van der Waals surface area contributed by atoms with Crippen molar-refractivity contribution in [3.63, 3.8) is 0 Å². The van der Waals surface area contributed by atoms with Gasteiger partial charge in [0.1, 0.15) is 23.8 Å². The Morgan fingerprint density at radius 1 is 1.00 bits per heavy atom. The number of hydrazone groups is 1. The van der Waals surface area contributed by atoms with Gasteiger partial charge in [0.05, 0.1) is 39.0 Å². The number of nitrogens with zero attached hydrogens (tertiary/aromatic N) is 2. The topological polar surface area (TPSA) is 107 Å². The van der Waals surface area contributed by atoms with Crippen LogP contribution in [0, 0.1) is 0 Å². The van der Waals surface area contributed by atoms with Crippen LogP contribution in [0.15, 0.2) is 47.6 Å². The van der Waals surface area contributed by atoms with Gasteiger partial charge in [-0.2, -0.15) is 5.10 Å². The molecule has 0 atom stereocenters. The second-order valence-electron chi connectivity index (χ2n) is 6.27. The number of benzene rings is 2. The van der Waals surface area contributed by atoms with Gasteiger partial charge in [-0.1, -0.05) is 0 Å². The summed E-state index contributed by atoms with van der Waals surface area (Å²) < 4.78 is 41.2. The van der Waals surface area contributed by atoms with Crippen LogP contribution < -0.4 is 23.9 Å². The zero-order valence-electron chi connectivity index (χ0n) is 17.5. The Labute approximate surface area is 176 Å². The van der Waals surface area contributed by atoms with Crippen LogP contribution in [-0.2, 0) is 14.8 Å². The average Bonchev–Trinajstić information content (AvgIpc) is 2.74. The van der Waals surface area contributed by atoms with E-state index < -0.39 is 22.5 Å². The molecule has 9 nitrogen and oxygen atoms in total. The van der Waals surface area contributed by atoms with Crippen molar-refractivity contribution in [3.8, 4) is 17.2 Å². The molecule has 1 amide bonds. The first-order valence-electron chi connectivity index (χ1n) is 8.87. The van der Waals surface area contributed by atoms with E-state index in [0.717, 1.165) is 16.1 Å². The number of carbonyl (C=O) groups is 1. The maximum Gasteiger partial charge on any atom is 0.260 e. The number of sulfonamides is 1. The summed E-state index contributed by atoms with van der Waals surface area (Å²) in [5, 5.41) is 4.05. The third-order valence-electron chi connectivity index (χ3n) is 4.20. The van der Waals surface area contributed by atoms with Crippen LogP contribution in [0.4, 0.5) is 5.69 Å². The smallest absolute Gasteiger partial charge is 0.260 e. The van der Waals surface area contributed by atoms with E-state index in [0.29, 0.717) is 17.2 Å². The molecule has 0 spiro atoms. The molecule has 2 aromatic rings. The van der Waals surface area contributed by atoms with Crippen LogP contribution in [0.2, 0.25) is 0 Å². The van der Waals surface area contributed by atoms with Crippen LogP contribution in [-0.4, -0.2) is 54.2 Å². The highest BCUT2D eigenvalue weighted by atomic mass is 32.2. The molecule has 0 saturated carbocycles. The molecule has 0 radical (unpaired) electrons. The highest BCUT2D eigenvalue weighted by Gasteiger charge is 2.24. The molecule has 0 heterocycles. The van der Waals surface area contributed by atoms with Crippen molar-refractivity contribution in [2.24, 2.45) is 5.10 Å². The van der Waals surface area contributed by atoms with Crippen molar-refractivity contribution in [3.05, 3.63) is 48.0 Å². The van der Waals surface area contributed by atoms with E-state index >= 15 is 0 Å². The maximum absolute atomic E-state index is 12.4. The van der Waals surface area contributed by atoms with Crippen molar-refractivity contribution >= 4 is 27.3 Å². The van der Waals surface area contributed by atoms with Crippen molar-refractivity contribution in [1.82, 2.24) is 5.43 Å². The molecule has 0 fully saturated rings. The summed E-state index contributed by atoms with van der Waals surface area (Å²) in [5.74, 6) is 0.796. The number of amides is 1. The second kappa shape index (κ2) is 9.97. The molecule has 0 unspecified atom stereocenters. The number of carbonyl (C=O) groups excluding carboxylic acids is 1. The number of rotatable bonds is 9. The van der Waals surface area contributed by atoms with E-state index in [2.05, 4.69) is 10.5 Å². The first kappa shape index (κ1) is 23.0. The Balaban J connectivity index is 2.22. The Morgan fingerprint density at radius 2 is 1.60 bits per heavy atom. The lowest BCUT2D eigenvalue weighted by atomic mass is 10.1. The molecule has 0 aliphatic rings. The predicted molar refractivity (Wildman–Crippen MR) is 115 cm³/mol. The third kappa shape index (κ3) is 5.86. The fraction of sp³-hybridized carbons (Fsp3) is 0.300. The van der Waals surface area contributed by atoms with Crippen LogP contribution in [0.5, 0.6) is 17.2 Å². The number of anilines is 1. The van der Waals surface area contributed by atoms with Crippen molar-refractivity contribution in [2.45, 2.75) is 6.92 Å². The van der Waals surface area contributed by atoms with Crippen molar-refractivity contribution < 1.29 is 27.4 Å². The molecular weight excluding hydrogens is 410 g/mol. The van der Waals surface area contributed by atoms with E-state index in [1.54, 1.807) is 50.4 Å². The van der Waals surface area contributed by atoms with Gasteiger partial charge in [-0.05, 0) is 48.9 Å². The summed E-state index contributed by atoms with van der Waals surface area (Å²) >= 11 is 0. The minimum absolute atomic E-state index is 0.186. The first-order chi connectivity index (χ1) is 14.2. The molecule has 2 rings (SSSR count). The summed E-state index contributed by atoms with van der Waals surface area (Å²) in [5.41, 5.74) is 3.91. The van der Waals surface area contributed by atoms with Gasteiger partial charge in [0.2, 0.25) is 10.0 Å². The van der Waals surface area contributed by atoms with Gasteiger partial charge in [-0.25, -0.2) is 13.8 Å². The highest BCUT2D eigenvalue weighted by molar-refractivity contribution is 7.92. The molecule has 0 saturated heterocycles. The van der Waals surface area contributed by atoms with Gasteiger partial charge in [0, 0.05) is 6.07 Å². The number of ether oxygens (including phenoxy) is 3. The number of hydrogen-bond donors (Lipinski definition) is 1. The molecule has 0 aliphatic carbocycles. The summed E-state index contributed by atoms with van der Waals surface area (Å²) in [6.45, 7) is 1.24. The van der Waals surface area contributed by atoms with Gasteiger partial charge in [0.15, 0.2) is 0 Å². The van der Waals surface area contributed by atoms with Gasteiger partial charge in [0.25, 0.3) is 5.91 Å². The minimum atomic E-state index is -3.79. The van der Waals surface area contributed by atoms with E-state index in [9.17, 15) is 13.2 Å². The molecule has 0 aliphatic heterocycles. The highest BCUT2D eigenvalue weighted by Crippen LogP contribution is 2.33. The van der Waals surface area contributed by atoms with E-state index in [-0.39, 0.29) is 11.4 Å². The van der Waals surface area contributed by atoms with Crippen molar-refractivity contribution in [1.29, 1.82) is 0 Å². The molecular formula is C20H25N3O6S. The van der Waals surface area contributed by atoms with E-state index in [4.69, 9.17) is 14.2 Å². The van der Waals surface area contributed by atoms with Crippen LogP contribution >= 0.6 is 0 Å². The Bertz CT molecular complexity index is 1020. The minimum Gasteiger partial charge on any atom is -0.497 e. The SMILES string of the molecule is COc1ccc(/C(C)=N\NC(=O)CN(c2cc(OC)ccc2OC)S(C)(=O)=O)cc1. The fourth-order valence-corrected chi connectivity index (χ4v) is 3.43. The Hall–Kier alpha value is -3.27. The van der Waals surface area contributed by atoms with Gasteiger partial charge < -0.3 is 14.2 Å². The van der Waals surface area contributed by atoms with E-state index in [1.807, 2.05) is 0 Å². The lowest BCUT2D eigenvalue weighted by molar-refractivity contribution is -0.119. The second-order valence-corrected chi connectivity index (χ2v) is 8.17. The summed E-state index contributed by atoms with van der Waals surface area (Å²) in [7, 11) is 0.645. The van der Waals surface area contributed by atoms with Gasteiger partial charge in [-0.15, -0.1) is 0 Å². The zero-order chi connectivity index (χ0) is 22.3. The lowest BCUT2D eigenvalue weighted by Crippen LogP contribution is -2.39. The summed E-state index contributed by atoms with van der Waals surface area (Å²) in [4.78, 5) is 12.4. The molecule has 30 heavy (non-hydrogen) atoms. The van der Waals surface area contributed by atoms with Gasteiger partial charge >= 0.3 is 0 Å². The standard InChI is InChI=1S/C20H25N3O6S/c1-14(15-6-8-16(27-2)9-7-15)21-22-20(24)13-23(30(5,25)26)18-12-17(28-3)10-11-19(18)29-4/h6-12H,13H2,1-5H3,(H,22,24)/b21-14-. The first-order valence-corrected chi connectivity index (χ1v) is 10.7. The summed E-state index contributed by atoms with van der Waals surface area (Å²) in [6.07, 6.45) is 1.01. The predicted octanol–water partition coefficient (Wildman–Crippen LogP) is 2.02. The van der Waals surface area contributed by atoms with Gasteiger partial charge in [-0.3, -0.25) is 9.10 Å². The molecule has 0 bridgehead atoms. The normalized spacial score (nSPS) is 11.6. The molecule has 10 heteroatoms. The molecule has 0 aromatic heterocycles. The number of hydrogen-bond acceptors (Lipinski definition) is 7. The van der Waals surface area contributed by atoms with Crippen molar-refractivity contribution in [2.75, 3.05) is 38.4 Å². The van der Waals surface area contributed by atoms with Crippen LogP contribution in [0.1, 0.15) is 12.5 Å². The Morgan fingerprint density at radius 3 is 2.13 bits per heavy atom. The zero-order valence-corrected chi connectivity index (χ0v) is 18.3. The maximum atomic E-state index is 12.4. The fourth-order valence-electron chi connectivity index (χ4n) is 2.58. The Kier molecular flexibility index (Phi) is 7.65. The van der Waals surface area contributed by atoms with Crippen LogP contribution in [0.3, 0.4) is 0 Å². The third-order valence-corrected chi connectivity index (χ3v) is 5.32. The monoisotopic (exact) mass is 435 g/mol. The lowest BCUT2D eigenvalue weighted by Gasteiger charge is -2.23. The number of nitrogens with one attached hydrogen (secondary N) is 1. The molecule has 1 N–H and O–H groups in total. The average molecular weight is 436 g/mol. The molecule has 2 aromatic carbocycles. The van der Waals surface area contributed by atoms with Crippen LogP contribution in [0.25, 0.3) is 0 Å². The largest absolute Gasteiger partial charge is 0.497 e. The number of methoxy groups -OCH3 is 3. The summed E-state index contributed by atoms with van der Waals surface area (Å²) in [6, 6.07) is 11.8. The quantitative estimate of drug-likeness (QED) is 0.477. The van der Waals surface area contributed by atoms with E-state index in [1.165, 1.54) is 20.3 Å². The molecule has 162 valence electrons.